The van der Waals surface area contributed by atoms with Crippen LogP contribution in [0.4, 0.5) is 0 Å². The first-order chi connectivity index (χ1) is 10.00. The number of hydrogen-bond donors (Lipinski definition) is 1. The molecule has 0 aliphatic carbocycles. The molecule has 3 nitrogen and oxygen atoms in total. The van der Waals surface area contributed by atoms with Crippen LogP contribution in [0.3, 0.4) is 0 Å². The third-order valence-corrected chi connectivity index (χ3v) is 4.81. The number of sulfonamides is 1. The largest absolute Gasteiger partial charge is 0.216 e. The molecule has 112 valence electrons. The molecule has 0 heterocycles. The number of rotatable bonds is 6. The van der Waals surface area contributed by atoms with Crippen molar-refractivity contribution in [3.63, 3.8) is 0 Å². The van der Waals surface area contributed by atoms with Crippen LogP contribution in [-0.4, -0.2) is 8.42 Å². The second-order valence-electron chi connectivity index (χ2n) is 4.87. The molecular weight excluding hydrogens is 306 g/mol. The van der Waals surface area contributed by atoms with E-state index in [2.05, 4.69) is 4.72 Å². The minimum atomic E-state index is -3.40. The highest BCUT2D eigenvalue weighted by molar-refractivity contribution is 7.88. The lowest BCUT2D eigenvalue weighted by atomic mass is 10.1. The minimum Gasteiger partial charge on any atom is -0.212 e. The molecule has 0 amide bonds. The van der Waals surface area contributed by atoms with Gasteiger partial charge in [0.1, 0.15) is 0 Å². The number of nitrogens with one attached hydrogen (secondary N) is 1. The van der Waals surface area contributed by atoms with Crippen molar-refractivity contribution < 1.29 is 8.42 Å². The Morgan fingerprint density at radius 1 is 1.05 bits per heavy atom. The molecule has 2 aromatic carbocycles. The summed E-state index contributed by atoms with van der Waals surface area (Å²) in [6, 6.07) is 16.2. The Hall–Kier alpha value is -1.36. The molecule has 0 aliphatic rings. The maximum atomic E-state index is 12.3. The van der Waals surface area contributed by atoms with E-state index in [1.165, 1.54) is 0 Å². The zero-order valence-electron chi connectivity index (χ0n) is 11.8. The summed E-state index contributed by atoms with van der Waals surface area (Å²) in [4.78, 5) is 0. The van der Waals surface area contributed by atoms with Crippen LogP contribution < -0.4 is 4.72 Å². The van der Waals surface area contributed by atoms with Crippen LogP contribution in [0.2, 0.25) is 5.02 Å². The van der Waals surface area contributed by atoms with Crippen LogP contribution >= 0.6 is 11.6 Å². The monoisotopic (exact) mass is 323 g/mol. The Kier molecular flexibility index (Phi) is 5.39. The fourth-order valence-corrected chi connectivity index (χ4v) is 3.71. The van der Waals surface area contributed by atoms with E-state index >= 15 is 0 Å². The number of hydrogen-bond acceptors (Lipinski definition) is 2. The quantitative estimate of drug-likeness (QED) is 0.876. The summed E-state index contributed by atoms with van der Waals surface area (Å²) in [7, 11) is -3.40. The molecule has 0 saturated heterocycles. The van der Waals surface area contributed by atoms with Crippen LogP contribution in [0.5, 0.6) is 0 Å². The van der Waals surface area contributed by atoms with Crippen molar-refractivity contribution in [2.24, 2.45) is 0 Å². The van der Waals surface area contributed by atoms with Crippen molar-refractivity contribution >= 4 is 21.6 Å². The van der Waals surface area contributed by atoms with Crippen LogP contribution in [0.15, 0.2) is 54.6 Å². The molecule has 2 rings (SSSR count). The highest BCUT2D eigenvalue weighted by Crippen LogP contribution is 2.19. The van der Waals surface area contributed by atoms with Gasteiger partial charge in [-0.05, 0) is 29.7 Å². The van der Waals surface area contributed by atoms with Crippen molar-refractivity contribution in [3.8, 4) is 0 Å². The standard InChI is InChI=1S/C16H18ClNO2S/c1-2-16(14-6-4-3-5-7-14)18-21(19,20)12-13-8-10-15(17)11-9-13/h3-11,16,18H,2,12H2,1H3. The summed E-state index contributed by atoms with van der Waals surface area (Å²) in [6.07, 6.45) is 0.698. The van der Waals surface area contributed by atoms with E-state index in [4.69, 9.17) is 11.6 Å². The first kappa shape index (κ1) is 16.0. The van der Waals surface area contributed by atoms with Crippen molar-refractivity contribution in [2.75, 3.05) is 0 Å². The summed E-state index contributed by atoms with van der Waals surface area (Å²) in [6.45, 7) is 1.96. The highest BCUT2D eigenvalue weighted by atomic mass is 35.5. The molecule has 1 N–H and O–H groups in total. The maximum Gasteiger partial charge on any atom is 0.216 e. The Bertz CT molecular complexity index is 669. The fourth-order valence-electron chi connectivity index (χ4n) is 2.13. The van der Waals surface area contributed by atoms with Crippen LogP contribution in [0, 0.1) is 0 Å². The summed E-state index contributed by atoms with van der Waals surface area (Å²) in [5.41, 5.74) is 1.69. The zero-order valence-corrected chi connectivity index (χ0v) is 13.4. The van der Waals surface area contributed by atoms with Crippen LogP contribution in [0.25, 0.3) is 0 Å². The van der Waals surface area contributed by atoms with Gasteiger partial charge < -0.3 is 0 Å². The minimum absolute atomic E-state index is 0.0481. The van der Waals surface area contributed by atoms with Crippen molar-refractivity contribution in [1.82, 2.24) is 4.72 Å². The van der Waals surface area contributed by atoms with Gasteiger partial charge in [0.25, 0.3) is 0 Å². The first-order valence-corrected chi connectivity index (χ1v) is 8.82. The van der Waals surface area contributed by atoms with Gasteiger partial charge in [-0.2, -0.15) is 0 Å². The lowest BCUT2D eigenvalue weighted by Gasteiger charge is -2.17. The van der Waals surface area contributed by atoms with E-state index in [1.807, 2.05) is 37.3 Å². The lowest BCUT2D eigenvalue weighted by molar-refractivity contribution is 0.549. The SMILES string of the molecule is CCC(NS(=O)(=O)Cc1ccc(Cl)cc1)c1ccccc1. The average molecular weight is 324 g/mol. The van der Waals surface area contributed by atoms with Gasteiger partial charge in [-0.15, -0.1) is 0 Å². The highest BCUT2D eigenvalue weighted by Gasteiger charge is 2.18. The van der Waals surface area contributed by atoms with E-state index in [0.717, 1.165) is 11.1 Å². The van der Waals surface area contributed by atoms with Gasteiger partial charge >= 0.3 is 0 Å². The van der Waals surface area contributed by atoms with Crippen LogP contribution in [0.1, 0.15) is 30.5 Å². The predicted octanol–water partition coefficient (Wildman–Crippen LogP) is 3.91. The summed E-state index contributed by atoms with van der Waals surface area (Å²) in [5, 5.41) is 0.597. The van der Waals surface area contributed by atoms with Gasteiger partial charge in [-0.1, -0.05) is 61.0 Å². The second kappa shape index (κ2) is 7.07. The van der Waals surface area contributed by atoms with Gasteiger partial charge in [0.15, 0.2) is 0 Å². The molecule has 1 unspecified atom stereocenters. The van der Waals surface area contributed by atoms with Crippen molar-refractivity contribution in [2.45, 2.75) is 25.1 Å². The normalized spacial score (nSPS) is 13.0. The summed E-state index contributed by atoms with van der Waals surface area (Å²) in [5.74, 6) is -0.0481. The molecule has 0 aromatic heterocycles. The molecule has 0 aliphatic heterocycles. The Labute approximate surface area is 131 Å². The Morgan fingerprint density at radius 3 is 2.24 bits per heavy atom. The third kappa shape index (κ3) is 4.84. The van der Waals surface area contributed by atoms with Crippen molar-refractivity contribution in [1.29, 1.82) is 0 Å². The van der Waals surface area contributed by atoms with Crippen molar-refractivity contribution in [3.05, 3.63) is 70.7 Å². The fraction of sp³-hybridized carbons (Fsp3) is 0.250. The zero-order chi connectivity index (χ0) is 15.3. The molecule has 1 atom stereocenters. The van der Waals surface area contributed by atoms with Crippen LogP contribution in [-0.2, 0) is 15.8 Å². The molecular formula is C16H18ClNO2S. The molecule has 0 spiro atoms. The molecule has 5 heteroatoms. The summed E-state index contributed by atoms with van der Waals surface area (Å²) < 4.78 is 27.3. The van der Waals surface area contributed by atoms with Gasteiger partial charge in [-0.3, -0.25) is 0 Å². The molecule has 21 heavy (non-hydrogen) atoms. The number of benzene rings is 2. The lowest BCUT2D eigenvalue weighted by Crippen LogP contribution is -2.29. The van der Waals surface area contributed by atoms with Gasteiger partial charge in [0.2, 0.25) is 10.0 Å². The van der Waals surface area contributed by atoms with E-state index < -0.39 is 10.0 Å². The third-order valence-electron chi connectivity index (χ3n) is 3.20. The molecule has 0 saturated carbocycles. The smallest absolute Gasteiger partial charge is 0.212 e. The van der Waals surface area contributed by atoms with Gasteiger partial charge in [0, 0.05) is 11.1 Å². The molecule has 2 aromatic rings. The maximum absolute atomic E-state index is 12.3. The first-order valence-electron chi connectivity index (χ1n) is 6.79. The van der Waals surface area contributed by atoms with Gasteiger partial charge in [0.05, 0.1) is 5.75 Å². The number of halogens is 1. The average Bonchev–Trinajstić information content (AvgIpc) is 2.48. The van der Waals surface area contributed by atoms with E-state index in [9.17, 15) is 8.42 Å². The Balaban J connectivity index is 2.10. The van der Waals surface area contributed by atoms with E-state index in [0.29, 0.717) is 11.4 Å². The molecule has 0 bridgehead atoms. The topological polar surface area (TPSA) is 46.2 Å². The summed E-state index contributed by atoms with van der Waals surface area (Å²) >= 11 is 5.80. The van der Waals surface area contributed by atoms with Gasteiger partial charge in [-0.25, -0.2) is 13.1 Å². The second-order valence-corrected chi connectivity index (χ2v) is 7.07. The Morgan fingerprint density at radius 2 is 1.67 bits per heavy atom. The molecule has 0 radical (unpaired) electrons. The predicted molar refractivity (Wildman–Crippen MR) is 86.7 cm³/mol. The molecule has 0 fully saturated rings. The van der Waals surface area contributed by atoms with E-state index in [1.54, 1.807) is 24.3 Å². The van der Waals surface area contributed by atoms with E-state index in [-0.39, 0.29) is 11.8 Å².